The van der Waals surface area contributed by atoms with E-state index in [1.54, 1.807) is 24.3 Å². The van der Waals surface area contributed by atoms with Crippen LogP contribution < -0.4 is 10.6 Å². The van der Waals surface area contributed by atoms with Crippen molar-refractivity contribution in [2.45, 2.75) is 6.42 Å². The van der Waals surface area contributed by atoms with Crippen molar-refractivity contribution in [3.05, 3.63) is 83.2 Å². The summed E-state index contributed by atoms with van der Waals surface area (Å²) in [6.45, 7) is 0.644. The second kappa shape index (κ2) is 10.0. The molecule has 0 aliphatic rings. The Balaban J connectivity index is 1.37. The van der Waals surface area contributed by atoms with Crippen LogP contribution in [-0.4, -0.2) is 44.8 Å². The molecular weight excluding hydrogens is 445 g/mol. The standard InChI is InChI=1S/C23H20FN5O3S/c24-16-7-9-17(10-8-16)29-21(19-6-2-13-33-19)27-20(28-29)23(32)26-12-3-11-25-22(31)15-4-1-5-18(30)14-15/h1-2,4-10,13-14,30H,3,11-12H2,(H,25,31)(H,26,32). The maximum Gasteiger partial charge on any atom is 0.290 e. The number of phenolic OH excluding ortho intramolecular Hbond substituents is 1. The Labute approximate surface area is 192 Å². The lowest BCUT2D eigenvalue weighted by Gasteiger charge is -2.06. The highest BCUT2D eigenvalue weighted by Crippen LogP contribution is 2.25. The van der Waals surface area contributed by atoms with E-state index in [-0.39, 0.29) is 23.3 Å². The summed E-state index contributed by atoms with van der Waals surface area (Å²) in [4.78, 5) is 29.9. The van der Waals surface area contributed by atoms with Crippen molar-refractivity contribution in [2.75, 3.05) is 13.1 Å². The van der Waals surface area contributed by atoms with Crippen LogP contribution in [0.1, 0.15) is 27.4 Å². The lowest BCUT2D eigenvalue weighted by Crippen LogP contribution is -2.30. The van der Waals surface area contributed by atoms with Gasteiger partial charge in [-0.2, -0.15) is 0 Å². The molecule has 0 aliphatic heterocycles. The molecule has 4 aromatic rings. The smallest absolute Gasteiger partial charge is 0.290 e. The van der Waals surface area contributed by atoms with Crippen LogP contribution in [0.4, 0.5) is 4.39 Å². The van der Waals surface area contributed by atoms with E-state index in [1.165, 1.54) is 40.3 Å². The zero-order valence-electron chi connectivity index (χ0n) is 17.4. The summed E-state index contributed by atoms with van der Waals surface area (Å²) in [6.07, 6.45) is 0.493. The van der Waals surface area contributed by atoms with Gasteiger partial charge in [0.25, 0.3) is 11.8 Å². The molecule has 2 amide bonds. The highest BCUT2D eigenvalue weighted by atomic mass is 32.1. The van der Waals surface area contributed by atoms with Crippen molar-refractivity contribution in [1.29, 1.82) is 0 Å². The Hall–Kier alpha value is -4.05. The molecule has 10 heteroatoms. The molecule has 0 fully saturated rings. The van der Waals surface area contributed by atoms with Gasteiger partial charge in [-0.1, -0.05) is 12.1 Å². The maximum absolute atomic E-state index is 13.3. The zero-order valence-corrected chi connectivity index (χ0v) is 18.2. The summed E-state index contributed by atoms with van der Waals surface area (Å²) >= 11 is 1.45. The van der Waals surface area contributed by atoms with Crippen LogP contribution in [0.2, 0.25) is 0 Å². The number of benzene rings is 2. The molecule has 4 rings (SSSR count). The van der Waals surface area contributed by atoms with Gasteiger partial charge in [-0.05, 0) is 60.3 Å². The van der Waals surface area contributed by atoms with Crippen molar-refractivity contribution in [3.63, 3.8) is 0 Å². The maximum atomic E-state index is 13.3. The molecule has 0 spiro atoms. The number of carbonyl (C=O) groups excluding carboxylic acids is 2. The van der Waals surface area contributed by atoms with E-state index in [1.807, 2.05) is 17.5 Å². The molecule has 3 N–H and O–H groups in total. The van der Waals surface area contributed by atoms with Gasteiger partial charge in [0.05, 0.1) is 10.6 Å². The van der Waals surface area contributed by atoms with Crippen LogP contribution >= 0.6 is 11.3 Å². The molecule has 0 aliphatic carbocycles. The van der Waals surface area contributed by atoms with Gasteiger partial charge >= 0.3 is 0 Å². The number of halogens is 1. The van der Waals surface area contributed by atoms with Crippen LogP contribution in [-0.2, 0) is 0 Å². The molecule has 8 nitrogen and oxygen atoms in total. The molecule has 2 aromatic heterocycles. The predicted molar refractivity (Wildman–Crippen MR) is 122 cm³/mol. The van der Waals surface area contributed by atoms with Crippen LogP contribution in [0.15, 0.2) is 66.0 Å². The molecule has 0 unspecified atom stereocenters. The number of thiophene rings is 1. The third kappa shape index (κ3) is 5.42. The molecule has 0 atom stereocenters. The number of nitrogens with zero attached hydrogens (tertiary/aromatic N) is 3. The highest BCUT2D eigenvalue weighted by Gasteiger charge is 2.19. The van der Waals surface area contributed by atoms with Gasteiger partial charge < -0.3 is 15.7 Å². The summed E-state index contributed by atoms with van der Waals surface area (Å²) in [7, 11) is 0. The first-order chi connectivity index (χ1) is 16.0. The van der Waals surface area contributed by atoms with Crippen LogP contribution in [0.5, 0.6) is 5.75 Å². The predicted octanol–water partition coefficient (Wildman–Crippen LogP) is 3.39. The van der Waals surface area contributed by atoms with Crippen LogP contribution in [0.3, 0.4) is 0 Å². The van der Waals surface area contributed by atoms with E-state index in [2.05, 4.69) is 20.7 Å². The monoisotopic (exact) mass is 465 g/mol. The Bertz CT molecular complexity index is 1260. The SMILES string of the molecule is O=C(NCCCNC(=O)c1nc(-c2cccs2)n(-c2ccc(F)cc2)n1)c1cccc(O)c1. The Kier molecular flexibility index (Phi) is 6.75. The van der Waals surface area contributed by atoms with Gasteiger partial charge in [0.15, 0.2) is 5.82 Å². The number of aromatic nitrogens is 3. The summed E-state index contributed by atoms with van der Waals surface area (Å²) in [5.74, 6) is -0.632. The topological polar surface area (TPSA) is 109 Å². The van der Waals surface area contributed by atoms with Crippen LogP contribution in [0, 0.1) is 5.82 Å². The van der Waals surface area contributed by atoms with Gasteiger partial charge in [0.1, 0.15) is 11.6 Å². The quantitative estimate of drug-likeness (QED) is 0.346. The first kappa shape index (κ1) is 22.2. The number of carbonyl (C=O) groups is 2. The second-order valence-electron chi connectivity index (χ2n) is 7.04. The number of amides is 2. The highest BCUT2D eigenvalue weighted by molar-refractivity contribution is 7.13. The fourth-order valence-electron chi connectivity index (χ4n) is 3.06. The molecule has 0 bridgehead atoms. The molecular formula is C23H20FN5O3S. The first-order valence-electron chi connectivity index (χ1n) is 10.1. The van der Waals surface area contributed by atoms with E-state index < -0.39 is 5.91 Å². The second-order valence-corrected chi connectivity index (χ2v) is 7.99. The molecule has 168 valence electrons. The minimum Gasteiger partial charge on any atom is -0.508 e. The molecule has 33 heavy (non-hydrogen) atoms. The van der Waals surface area contributed by atoms with Crippen molar-refractivity contribution < 1.29 is 19.1 Å². The minimum absolute atomic E-state index is 0.00785. The van der Waals surface area contributed by atoms with Gasteiger partial charge in [-0.15, -0.1) is 16.4 Å². The van der Waals surface area contributed by atoms with E-state index in [4.69, 9.17) is 0 Å². The summed E-state index contributed by atoms with van der Waals surface area (Å²) < 4.78 is 14.8. The lowest BCUT2D eigenvalue weighted by molar-refractivity contribution is 0.0942. The fourth-order valence-corrected chi connectivity index (χ4v) is 3.75. The van der Waals surface area contributed by atoms with Crippen molar-refractivity contribution in [1.82, 2.24) is 25.4 Å². The number of phenols is 1. The third-order valence-electron chi connectivity index (χ3n) is 4.66. The number of hydrogen-bond donors (Lipinski definition) is 3. The summed E-state index contributed by atoms with van der Waals surface area (Å²) in [6, 6.07) is 15.6. The van der Waals surface area contributed by atoms with Gasteiger partial charge in [-0.3, -0.25) is 9.59 Å². The van der Waals surface area contributed by atoms with Crippen molar-refractivity contribution in [2.24, 2.45) is 0 Å². The fraction of sp³-hybridized carbons (Fsp3) is 0.130. The van der Waals surface area contributed by atoms with E-state index in [0.717, 1.165) is 4.88 Å². The average molecular weight is 466 g/mol. The van der Waals surface area contributed by atoms with E-state index in [0.29, 0.717) is 36.6 Å². The molecule has 0 saturated heterocycles. The normalized spacial score (nSPS) is 10.7. The number of aromatic hydroxyl groups is 1. The zero-order chi connectivity index (χ0) is 23.2. The number of rotatable bonds is 8. The van der Waals surface area contributed by atoms with Gasteiger partial charge in [-0.25, -0.2) is 14.1 Å². The average Bonchev–Trinajstić information content (AvgIpc) is 3.49. The number of hydrogen-bond acceptors (Lipinski definition) is 6. The van der Waals surface area contributed by atoms with E-state index >= 15 is 0 Å². The van der Waals surface area contributed by atoms with Crippen LogP contribution in [0.25, 0.3) is 16.4 Å². The molecule has 2 aromatic carbocycles. The van der Waals surface area contributed by atoms with Crippen molar-refractivity contribution >= 4 is 23.2 Å². The van der Waals surface area contributed by atoms with Gasteiger partial charge in [0, 0.05) is 18.7 Å². The lowest BCUT2D eigenvalue weighted by atomic mass is 10.2. The molecule has 2 heterocycles. The summed E-state index contributed by atoms with van der Waals surface area (Å²) in [5, 5.41) is 21.1. The van der Waals surface area contributed by atoms with Gasteiger partial charge in [0.2, 0.25) is 5.82 Å². The van der Waals surface area contributed by atoms with E-state index in [9.17, 15) is 19.1 Å². The number of nitrogens with one attached hydrogen (secondary N) is 2. The minimum atomic E-state index is -0.451. The third-order valence-corrected chi connectivity index (χ3v) is 5.52. The Morgan fingerprint density at radius 1 is 1.00 bits per heavy atom. The molecule has 0 saturated carbocycles. The Morgan fingerprint density at radius 3 is 2.45 bits per heavy atom. The Morgan fingerprint density at radius 2 is 1.76 bits per heavy atom. The first-order valence-corrected chi connectivity index (χ1v) is 11.0. The van der Waals surface area contributed by atoms with Crippen molar-refractivity contribution in [3.8, 4) is 22.1 Å². The largest absolute Gasteiger partial charge is 0.508 e. The molecule has 0 radical (unpaired) electrons. The summed E-state index contributed by atoms with van der Waals surface area (Å²) in [5.41, 5.74) is 0.941.